The first-order valence-corrected chi connectivity index (χ1v) is 7.14. The number of rotatable bonds is 5. The molecular weight excluding hydrogens is 250 g/mol. The molecule has 0 aliphatic rings. The van der Waals surface area contributed by atoms with Gasteiger partial charge in [0.25, 0.3) is 0 Å². The topological polar surface area (TPSA) is 12.0 Å². The highest BCUT2D eigenvalue weighted by atomic mass is 35.5. The van der Waals surface area contributed by atoms with Gasteiger partial charge in [-0.05, 0) is 30.2 Å². The Balaban J connectivity index is 2.01. The highest BCUT2D eigenvalue weighted by Gasteiger charge is 2.01. The van der Waals surface area contributed by atoms with Crippen LogP contribution >= 0.6 is 22.9 Å². The van der Waals surface area contributed by atoms with Gasteiger partial charge in [0, 0.05) is 27.9 Å². The first kappa shape index (κ1) is 12.5. The molecule has 0 fully saturated rings. The van der Waals surface area contributed by atoms with Gasteiger partial charge < -0.3 is 5.32 Å². The van der Waals surface area contributed by atoms with Crippen LogP contribution in [0.2, 0.25) is 0 Å². The normalized spacial score (nSPS) is 10.5. The molecule has 0 spiro atoms. The third kappa shape index (κ3) is 3.24. The van der Waals surface area contributed by atoms with Crippen LogP contribution in [-0.4, -0.2) is 0 Å². The van der Waals surface area contributed by atoms with Crippen LogP contribution in [-0.2, 0) is 18.8 Å². The zero-order valence-corrected chi connectivity index (χ0v) is 11.4. The van der Waals surface area contributed by atoms with E-state index in [1.807, 2.05) is 23.5 Å². The number of benzene rings is 1. The van der Waals surface area contributed by atoms with Crippen LogP contribution in [0.5, 0.6) is 0 Å². The minimum absolute atomic E-state index is 0.549. The Morgan fingerprint density at radius 2 is 1.88 bits per heavy atom. The van der Waals surface area contributed by atoms with Gasteiger partial charge in [-0.2, -0.15) is 0 Å². The Hall–Kier alpha value is -0.990. The van der Waals surface area contributed by atoms with Gasteiger partial charge in [0.2, 0.25) is 0 Å². The van der Waals surface area contributed by atoms with Gasteiger partial charge in [-0.3, -0.25) is 0 Å². The molecule has 0 amide bonds. The summed E-state index contributed by atoms with van der Waals surface area (Å²) in [6.07, 6.45) is 1.11. The quantitative estimate of drug-likeness (QED) is 0.776. The summed E-state index contributed by atoms with van der Waals surface area (Å²) < 4.78 is 0. The highest BCUT2D eigenvalue weighted by Crippen LogP contribution is 2.21. The highest BCUT2D eigenvalue weighted by molar-refractivity contribution is 7.12. The fraction of sp³-hybridized carbons (Fsp3) is 0.286. The third-order valence-corrected chi connectivity index (χ3v) is 4.20. The fourth-order valence-electron chi connectivity index (χ4n) is 1.70. The van der Waals surface area contributed by atoms with Crippen LogP contribution in [0, 0.1) is 0 Å². The van der Waals surface area contributed by atoms with E-state index < -0.39 is 0 Å². The molecule has 0 saturated carbocycles. The predicted octanol–water partition coefficient (Wildman–Crippen LogP) is 4.66. The average molecular weight is 266 g/mol. The zero-order chi connectivity index (χ0) is 12.1. The Labute approximate surface area is 111 Å². The lowest BCUT2D eigenvalue weighted by Crippen LogP contribution is -1.99. The molecule has 1 N–H and O–H groups in total. The Morgan fingerprint density at radius 3 is 2.59 bits per heavy atom. The van der Waals surface area contributed by atoms with Crippen molar-refractivity contribution in [3.8, 4) is 0 Å². The molecule has 0 unspecified atom stereocenters. The molecule has 0 atom stereocenters. The Morgan fingerprint density at radius 1 is 1.12 bits per heavy atom. The minimum Gasteiger partial charge on any atom is -0.380 e. The zero-order valence-electron chi connectivity index (χ0n) is 9.87. The number of thiophene rings is 1. The first-order chi connectivity index (χ1) is 8.33. The van der Waals surface area contributed by atoms with Crippen LogP contribution < -0.4 is 5.32 Å². The number of hydrogen-bond acceptors (Lipinski definition) is 2. The van der Waals surface area contributed by atoms with E-state index in [-0.39, 0.29) is 0 Å². The maximum Gasteiger partial charge on any atom is 0.0494 e. The van der Waals surface area contributed by atoms with Crippen LogP contribution in [0.4, 0.5) is 5.69 Å². The molecule has 0 aliphatic heterocycles. The largest absolute Gasteiger partial charge is 0.380 e. The van der Waals surface area contributed by atoms with Crippen LogP contribution in [0.1, 0.15) is 22.2 Å². The lowest BCUT2D eigenvalue weighted by molar-refractivity contribution is 1.17. The fourth-order valence-corrected chi connectivity index (χ4v) is 2.83. The summed E-state index contributed by atoms with van der Waals surface area (Å²) in [5, 5.41) is 3.44. The van der Waals surface area contributed by atoms with Crippen molar-refractivity contribution in [2.24, 2.45) is 0 Å². The second kappa shape index (κ2) is 6.08. The number of halogens is 1. The van der Waals surface area contributed by atoms with Crippen LogP contribution in [0.3, 0.4) is 0 Å². The number of anilines is 1. The maximum absolute atomic E-state index is 5.90. The van der Waals surface area contributed by atoms with Crippen LogP contribution in [0.15, 0.2) is 36.4 Å². The smallest absolute Gasteiger partial charge is 0.0494 e. The molecule has 2 rings (SSSR count). The number of hydrogen-bond donors (Lipinski definition) is 1. The lowest BCUT2D eigenvalue weighted by Gasteiger charge is -2.08. The van der Waals surface area contributed by atoms with Gasteiger partial charge in [0.15, 0.2) is 0 Å². The second-order valence-corrected chi connectivity index (χ2v) is 5.39. The van der Waals surface area contributed by atoms with Crippen molar-refractivity contribution in [2.75, 3.05) is 5.32 Å². The molecule has 0 aliphatic carbocycles. The molecular formula is C14H16ClNS. The second-order valence-electron chi connectivity index (χ2n) is 3.87. The van der Waals surface area contributed by atoms with Crippen molar-refractivity contribution in [1.29, 1.82) is 0 Å². The lowest BCUT2D eigenvalue weighted by atomic mass is 10.2. The van der Waals surface area contributed by atoms with Crippen molar-refractivity contribution in [3.63, 3.8) is 0 Å². The van der Waals surface area contributed by atoms with Crippen molar-refractivity contribution in [3.05, 3.63) is 51.7 Å². The summed E-state index contributed by atoms with van der Waals surface area (Å²) >= 11 is 7.77. The third-order valence-electron chi connectivity index (χ3n) is 2.68. The molecule has 1 heterocycles. The molecule has 2 aromatic rings. The summed E-state index contributed by atoms with van der Waals surface area (Å²) in [6, 6.07) is 12.6. The van der Waals surface area contributed by atoms with Crippen molar-refractivity contribution in [2.45, 2.75) is 25.8 Å². The molecule has 90 valence electrons. The van der Waals surface area contributed by atoms with E-state index in [1.54, 1.807) is 0 Å². The van der Waals surface area contributed by atoms with Gasteiger partial charge in [-0.25, -0.2) is 0 Å². The maximum atomic E-state index is 5.90. The Bertz CT molecular complexity index is 479. The van der Waals surface area contributed by atoms with E-state index in [0.717, 1.165) is 24.2 Å². The van der Waals surface area contributed by atoms with Gasteiger partial charge in [0.1, 0.15) is 0 Å². The van der Waals surface area contributed by atoms with Gasteiger partial charge in [-0.15, -0.1) is 22.9 Å². The number of para-hydroxylation sites is 1. The van der Waals surface area contributed by atoms with E-state index in [1.165, 1.54) is 9.75 Å². The van der Waals surface area contributed by atoms with Gasteiger partial charge >= 0.3 is 0 Å². The minimum atomic E-state index is 0.549. The van der Waals surface area contributed by atoms with E-state index in [0.29, 0.717) is 5.88 Å². The molecule has 3 heteroatoms. The summed E-state index contributed by atoms with van der Waals surface area (Å²) in [5.74, 6) is 0.549. The van der Waals surface area contributed by atoms with Crippen molar-refractivity contribution >= 4 is 28.6 Å². The summed E-state index contributed by atoms with van der Waals surface area (Å²) in [4.78, 5) is 2.80. The average Bonchev–Trinajstić information content (AvgIpc) is 2.84. The predicted molar refractivity (Wildman–Crippen MR) is 77.0 cm³/mol. The molecule has 17 heavy (non-hydrogen) atoms. The standard InChI is InChI=1S/C14H16ClNS/c1-2-12-7-8-13(17-12)10-16-14-6-4-3-5-11(14)9-15/h3-8,16H,2,9-10H2,1H3. The summed E-state index contributed by atoms with van der Waals surface area (Å²) in [5.41, 5.74) is 2.29. The number of aryl methyl sites for hydroxylation is 1. The van der Waals surface area contributed by atoms with E-state index in [2.05, 4.69) is 36.5 Å². The van der Waals surface area contributed by atoms with Crippen molar-refractivity contribution < 1.29 is 0 Å². The molecule has 0 bridgehead atoms. The molecule has 0 radical (unpaired) electrons. The van der Waals surface area contributed by atoms with E-state index in [9.17, 15) is 0 Å². The van der Waals surface area contributed by atoms with Crippen molar-refractivity contribution in [1.82, 2.24) is 0 Å². The van der Waals surface area contributed by atoms with Gasteiger partial charge in [0.05, 0.1) is 0 Å². The van der Waals surface area contributed by atoms with E-state index >= 15 is 0 Å². The summed E-state index contributed by atoms with van der Waals surface area (Å²) in [7, 11) is 0. The van der Waals surface area contributed by atoms with Crippen LogP contribution in [0.25, 0.3) is 0 Å². The SMILES string of the molecule is CCc1ccc(CNc2ccccc2CCl)s1. The monoisotopic (exact) mass is 265 g/mol. The molecule has 1 aromatic carbocycles. The number of alkyl halides is 1. The first-order valence-electron chi connectivity index (χ1n) is 5.78. The molecule has 1 aromatic heterocycles. The van der Waals surface area contributed by atoms with Gasteiger partial charge in [-0.1, -0.05) is 25.1 Å². The Kier molecular flexibility index (Phi) is 4.46. The summed E-state index contributed by atoms with van der Waals surface area (Å²) in [6.45, 7) is 3.06. The van der Waals surface area contributed by atoms with E-state index in [4.69, 9.17) is 11.6 Å². The number of nitrogens with one attached hydrogen (secondary N) is 1. The molecule has 0 saturated heterocycles. The molecule has 1 nitrogen and oxygen atoms in total.